The smallest absolute Gasteiger partial charge is 0.0196 e. The molecule has 2 rings (SSSR count). The maximum Gasteiger partial charge on any atom is 0.0196 e. The van der Waals surface area contributed by atoms with Crippen LogP contribution < -0.4 is 5.73 Å². The van der Waals surface area contributed by atoms with E-state index in [-0.39, 0.29) is 0 Å². The summed E-state index contributed by atoms with van der Waals surface area (Å²) in [6.45, 7) is 6.07. The maximum absolute atomic E-state index is 6.10. The van der Waals surface area contributed by atoms with E-state index in [1.807, 2.05) is 0 Å². The van der Waals surface area contributed by atoms with Gasteiger partial charge in [-0.2, -0.15) is 0 Å². The molecule has 2 nitrogen and oxygen atoms in total. The maximum atomic E-state index is 6.10. The predicted octanol–water partition coefficient (Wildman–Crippen LogP) is 1.46. The fourth-order valence-electron chi connectivity index (χ4n) is 2.22. The Morgan fingerprint density at radius 3 is 2.38 bits per heavy atom. The van der Waals surface area contributed by atoms with E-state index in [0.717, 1.165) is 18.4 Å². The summed E-state index contributed by atoms with van der Waals surface area (Å²) < 4.78 is 0. The average Bonchev–Trinajstić information content (AvgIpc) is 2.91. The number of hydrogen-bond donors (Lipinski definition) is 1. The van der Waals surface area contributed by atoms with E-state index < -0.39 is 0 Å². The highest BCUT2D eigenvalue weighted by Gasteiger charge is 2.30. The van der Waals surface area contributed by atoms with Gasteiger partial charge in [-0.3, -0.25) is 0 Å². The van der Waals surface area contributed by atoms with Crippen molar-refractivity contribution in [3.63, 3.8) is 0 Å². The fourth-order valence-corrected chi connectivity index (χ4v) is 2.22. The topological polar surface area (TPSA) is 29.3 Å². The Morgan fingerprint density at radius 1 is 1.23 bits per heavy atom. The molecule has 0 spiro atoms. The van der Waals surface area contributed by atoms with E-state index in [1.54, 1.807) is 0 Å². The molecule has 1 heterocycles. The van der Waals surface area contributed by atoms with Crippen molar-refractivity contribution in [3.05, 3.63) is 0 Å². The third-order valence-electron chi connectivity index (χ3n) is 3.57. The second kappa shape index (κ2) is 3.97. The van der Waals surface area contributed by atoms with Crippen molar-refractivity contribution >= 4 is 0 Å². The van der Waals surface area contributed by atoms with Crippen LogP contribution in [0.4, 0.5) is 0 Å². The second-order valence-electron chi connectivity index (χ2n) is 4.98. The molecule has 0 amide bonds. The van der Waals surface area contributed by atoms with Crippen LogP contribution in [0.5, 0.6) is 0 Å². The number of hydrogen-bond acceptors (Lipinski definition) is 2. The van der Waals surface area contributed by atoms with Crippen molar-refractivity contribution in [2.45, 2.75) is 38.6 Å². The van der Waals surface area contributed by atoms with Crippen LogP contribution in [0, 0.1) is 11.8 Å². The van der Waals surface area contributed by atoms with Crippen molar-refractivity contribution in [2.24, 2.45) is 17.6 Å². The van der Waals surface area contributed by atoms with Gasteiger partial charge in [0, 0.05) is 12.6 Å². The monoisotopic (exact) mass is 182 g/mol. The van der Waals surface area contributed by atoms with Gasteiger partial charge in [0.25, 0.3) is 0 Å². The highest BCUT2D eigenvalue weighted by Crippen LogP contribution is 2.32. The zero-order valence-corrected chi connectivity index (χ0v) is 8.71. The van der Waals surface area contributed by atoms with Crippen LogP contribution in [0.1, 0.15) is 32.6 Å². The third kappa shape index (κ3) is 2.68. The molecular weight excluding hydrogens is 160 g/mol. The first kappa shape index (κ1) is 9.47. The van der Waals surface area contributed by atoms with E-state index in [2.05, 4.69) is 11.8 Å². The Balaban J connectivity index is 1.69. The van der Waals surface area contributed by atoms with Gasteiger partial charge in [-0.05, 0) is 50.6 Å². The molecule has 0 bridgehead atoms. The molecule has 0 aromatic carbocycles. The molecule has 1 aliphatic carbocycles. The molecule has 1 saturated carbocycles. The Hall–Kier alpha value is -0.0800. The van der Waals surface area contributed by atoms with Gasteiger partial charge in [0.05, 0.1) is 0 Å². The molecule has 2 heteroatoms. The molecule has 76 valence electrons. The molecule has 0 aromatic rings. The number of nitrogens with two attached hydrogens (primary N) is 1. The van der Waals surface area contributed by atoms with Crippen LogP contribution in [-0.4, -0.2) is 30.6 Å². The summed E-state index contributed by atoms with van der Waals surface area (Å²) in [5.74, 6) is 1.80. The Bertz CT molecular complexity index is 157. The lowest BCUT2D eigenvalue weighted by molar-refractivity contribution is 0.178. The molecule has 1 atom stereocenters. The zero-order valence-electron chi connectivity index (χ0n) is 8.71. The molecule has 2 N–H and O–H groups in total. The van der Waals surface area contributed by atoms with E-state index >= 15 is 0 Å². The standard InChI is InChI=1S/C11H22N2/c1-9-4-6-13(7-5-9)8-11(12)10-2-3-10/h9-11H,2-8,12H2,1H3/t11-/m1/s1. The van der Waals surface area contributed by atoms with Crippen LogP contribution in [0.25, 0.3) is 0 Å². The lowest BCUT2D eigenvalue weighted by atomic mass is 9.98. The number of likely N-dealkylation sites (tertiary alicyclic amines) is 1. The molecule has 2 fully saturated rings. The van der Waals surface area contributed by atoms with Crippen molar-refractivity contribution in [1.82, 2.24) is 4.90 Å². The van der Waals surface area contributed by atoms with E-state index in [0.29, 0.717) is 6.04 Å². The van der Waals surface area contributed by atoms with Gasteiger partial charge in [0.15, 0.2) is 0 Å². The average molecular weight is 182 g/mol. The van der Waals surface area contributed by atoms with Gasteiger partial charge in [-0.15, -0.1) is 0 Å². The van der Waals surface area contributed by atoms with Gasteiger partial charge in [0.1, 0.15) is 0 Å². The first-order valence-electron chi connectivity index (χ1n) is 5.73. The molecule has 0 unspecified atom stereocenters. The zero-order chi connectivity index (χ0) is 9.26. The summed E-state index contributed by atoms with van der Waals surface area (Å²) >= 11 is 0. The van der Waals surface area contributed by atoms with Crippen LogP contribution in [0.15, 0.2) is 0 Å². The van der Waals surface area contributed by atoms with Crippen molar-refractivity contribution in [3.8, 4) is 0 Å². The molecule has 2 aliphatic rings. The van der Waals surface area contributed by atoms with Crippen LogP contribution in [-0.2, 0) is 0 Å². The van der Waals surface area contributed by atoms with Gasteiger partial charge in [-0.1, -0.05) is 6.92 Å². The van der Waals surface area contributed by atoms with Gasteiger partial charge >= 0.3 is 0 Å². The minimum atomic E-state index is 0.466. The molecule has 1 aliphatic heterocycles. The van der Waals surface area contributed by atoms with Gasteiger partial charge in [0.2, 0.25) is 0 Å². The summed E-state index contributed by atoms with van der Waals surface area (Å²) in [4.78, 5) is 2.56. The van der Waals surface area contributed by atoms with E-state index in [9.17, 15) is 0 Å². The predicted molar refractivity (Wildman–Crippen MR) is 55.5 cm³/mol. The Kier molecular flexibility index (Phi) is 2.89. The largest absolute Gasteiger partial charge is 0.326 e. The number of rotatable bonds is 3. The summed E-state index contributed by atoms with van der Waals surface area (Å²) in [5.41, 5.74) is 6.10. The van der Waals surface area contributed by atoms with Crippen LogP contribution >= 0.6 is 0 Å². The summed E-state index contributed by atoms with van der Waals surface area (Å²) in [6.07, 6.45) is 5.51. The quantitative estimate of drug-likeness (QED) is 0.716. The van der Waals surface area contributed by atoms with Crippen molar-refractivity contribution < 1.29 is 0 Å². The summed E-state index contributed by atoms with van der Waals surface area (Å²) in [5, 5.41) is 0. The van der Waals surface area contributed by atoms with Crippen molar-refractivity contribution in [1.29, 1.82) is 0 Å². The van der Waals surface area contributed by atoms with Gasteiger partial charge < -0.3 is 10.6 Å². The Morgan fingerprint density at radius 2 is 1.85 bits per heavy atom. The Labute approximate surface area is 81.5 Å². The third-order valence-corrected chi connectivity index (χ3v) is 3.57. The lowest BCUT2D eigenvalue weighted by Crippen LogP contribution is -2.42. The highest BCUT2D eigenvalue weighted by atomic mass is 15.1. The van der Waals surface area contributed by atoms with Crippen LogP contribution in [0.2, 0.25) is 0 Å². The molecule has 1 saturated heterocycles. The first-order valence-corrected chi connectivity index (χ1v) is 5.73. The van der Waals surface area contributed by atoms with E-state index in [4.69, 9.17) is 5.73 Å². The molecule has 0 radical (unpaired) electrons. The fraction of sp³-hybridized carbons (Fsp3) is 1.00. The molecule has 0 aromatic heterocycles. The lowest BCUT2D eigenvalue weighted by Gasteiger charge is -2.32. The van der Waals surface area contributed by atoms with Crippen LogP contribution in [0.3, 0.4) is 0 Å². The van der Waals surface area contributed by atoms with E-state index in [1.165, 1.54) is 38.8 Å². The highest BCUT2D eigenvalue weighted by molar-refractivity contribution is 4.86. The SMILES string of the molecule is CC1CCN(C[C@@H](N)C2CC2)CC1. The van der Waals surface area contributed by atoms with Crippen molar-refractivity contribution in [2.75, 3.05) is 19.6 Å². The summed E-state index contributed by atoms with van der Waals surface area (Å²) in [6, 6.07) is 0.466. The van der Waals surface area contributed by atoms with Gasteiger partial charge in [-0.25, -0.2) is 0 Å². The normalized spacial score (nSPS) is 29.1. The summed E-state index contributed by atoms with van der Waals surface area (Å²) in [7, 11) is 0. The number of piperidine rings is 1. The molecular formula is C11H22N2. The number of nitrogens with zero attached hydrogens (tertiary/aromatic N) is 1. The minimum absolute atomic E-state index is 0.466. The second-order valence-corrected chi connectivity index (χ2v) is 4.98. The molecule has 13 heavy (non-hydrogen) atoms. The minimum Gasteiger partial charge on any atom is -0.326 e. The first-order chi connectivity index (χ1) is 6.25.